The van der Waals surface area contributed by atoms with E-state index in [1.54, 1.807) is 36.4 Å². The molecule has 1 unspecified atom stereocenters. The molecule has 0 heterocycles. The van der Waals surface area contributed by atoms with Crippen LogP contribution in [0, 0.1) is 12.7 Å². The molecule has 36 heavy (non-hydrogen) atoms. The van der Waals surface area contributed by atoms with Crippen LogP contribution < -0.4 is 10.1 Å². The second kappa shape index (κ2) is 12.0. The van der Waals surface area contributed by atoms with Gasteiger partial charge in [0.25, 0.3) is 5.91 Å². The number of ether oxygens (including phenoxy) is 1. The minimum absolute atomic E-state index is 0.0798. The molecule has 1 atom stereocenters. The summed E-state index contributed by atoms with van der Waals surface area (Å²) >= 11 is 6.09. The third kappa shape index (κ3) is 7.82. The third-order valence-electron chi connectivity index (χ3n) is 5.56. The molecular formula is C29H32ClFN2O3. The molecule has 1 N–H and O–H groups in total. The van der Waals surface area contributed by atoms with E-state index in [0.717, 1.165) is 11.1 Å². The van der Waals surface area contributed by atoms with Gasteiger partial charge in [-0.2, -0.15) is 0 Å². The van der Waals surface area contributed by atoms with Crippen LogP contribution in [-0.4, -0.2) is 34.9 Å². The highest BCUT2D eigenvalue weighted by molar-refractivity contribution is 6.31. The molecule has 0 aromatic heterocycles. The minimum atomic E-state index is -0.880. The Hall–Kier alpha value is -3.38. The van der Waals surface area contributed by atoms with Gasteiger partial charge in [-0.15, -0.1) is 0 Å². The summed E-state index contributed by atoms with van der Waals surface area (Å²) in [6.45, 7) is 7.07. The fourth-order valence-electron chi connectivity index (χ4n) is 3.75. The summed E-state index contributed by atoms with van der Waals surface area (Å²) in [5.74, 6) is -0.719. The van der Waals surface area contributed by atoms with Gasteiger partial charge in [0, 0.05) is 29.1 Å². The Morgan fingerprint density at radius 2 is 1.69 bits per heavy atom. The molecule has 3 rings (SSSR count). The SMILES string of the molecule is Cc1cc(OCC(=O)N(Cc2ccccc2F)C(Cc2ccccc2)C(=O)NC(C)(C)C)ccc1Cl. The molecule has 2 amide bonds. The quantitative estimate of drug-likeness (QED) is 0.400. The van der Waals surface area contributed by atoms with E-state index in [0.29, 0.717) is 16.3 Å². The van der Waals surface area contributed by atoms with Crippen molar-refractivity contribution in [3.63, 3.8) is 0 Å². The van der Waals surface area contributed by atoms with Crippen LogP contribution in [0.2, 0.25) is 5.02 Å². The van der Waals surface area contributed by atoms with Crippen molar-refractivity contribution >= 4 is 23.4 Å². The predicted molar refractivity (Wildman–Crippen MR) is 140 cm³/mol. The van der Waals surface area contributed by atoms with Gasteiger partial charge in [-0.05, 0) is 63.1 Å². The zero-order valence-electron chi connectivity index (χ0n) is 21.1. The largest absolute Gasteiger partial charge is 0.484 e. The van der Waals surface area contributed by atoms with Crippen LogP contribution in [0.25, 0.3) is 0 Å². The normalized spacial score (nSPS) is 12.1. The molecule has 5 nitrogen and oxygen atoms in total. The average Bonchev–Trinajstić information content (AvgIpc) is 2.82. The summed E-state index contributed by atoms with van der Waals surface area (Å²) in [6, 6.07) is 19.9. The molecule has 3 aromatic carbocycles. The van der Waals surface area contributed by atoms with Crippen LogP contribution in [0.3, 0.4) is 0 Å². The van der Waals surface area contributed by atoms with Gasteiger partial charge in [-0.1, -0.05) is 60.1 Å². The number of aryl methyl sites for hydroxylation is 1. The lowest BCUT2D eigenvalue weighted by atomic mass is 10.0. The third-order valence-corrected chi connectivity index (χ3v) is 5.98. The number of hydrogen-bond acceptors (Lipinski definition) is 3. The molecule has 0 aliphatic carbocycles. The number of nitrogens with zero attached hydrogens (tertiary/aromatic N) is 1. The van der Waals surface area contributed by atoms with Crippen LogP contribution in [0.5, 0.6) is 5.75 Å². The number of nitrogens with one attached hydrogen (secondary N) is 1. The molecule has 0 bridgehead atoms. The molecule has 0 aliphatic heterocycles. The predicted octanol–water partition coefficient (Wildman–Crippen LogP) is 5.72. The number of carbonyl (C=O) groups excluding carboxylic acids is 2. The van der Waals surface area contributed by atoms with E-state index in [-0.39, 0.29) is 25.5 Å². The van der Waals surface area contributed by atoms with Crippen molar-refractivity contribution in [3.05, 3.63) is 100 Å². The lowest BCUT2D eigenvalue weighted by Gasteiger charge is -2.33. The number of halogens is 2. The highest BCUT2D eigenvalue weighted by atomic mass is 35.5. The Bertz CT molecular complexity index is 1190. The van der Waals surface area contributed by atoms with Gasteiger partial charge in [-0.25, -0.2) is 4.39 Å². The van der Waals surface area contributed by atoms with E-state index in [2.05, 4.69) is 5.32 Å². The van der Waals surface area contributed by atoms with E-state index in [4.69, 9.17) is 16.3 Å². The van der Waals surface area contributed by atoms with Gasteiger partial charge in [-0.3, -0.25) is 9.59 Å². The molecule has 0 saturated carbocycles. The Kier molecular flexibility index (Phi) is 9.10. The van der Waals surface area contributed by atoms with Gasteiger partial charge in [0.05, 0.1) is 0 Å². The van der Waals surface area contributed by atoms with E-state index >= 15 is 0 Å². The van der Waals surface area contributed by atoms with E-state index in [1.807, 2.05) is 58.0 Å². The highest BCUT2D eigenvalue weighted by Gasteiger charge is 2.33. The first-order chi connectivity index (χ1) is 17.0. The van der Waals surface area contributed by atoms with E-state index in [1.165, 1.54) is 11.0 Å². The summed E-state index contributed by atoms with van der Waals surface area (Å²) in [6.07, 6.45) is 0.267. The molecule has 190 valence electrons. The first kappa shape index (κ1) is 27.2. The van der Waals surface area contributed by atoms with Crippen LogP contribution >= 0.6 is 11.6 Å². The van der Waals surface area contributed by atoms with Crippen molar-refractivity contribution in [3.8, 4) is 5.75 Å². The molecule has 7 heteroatoms. The smallest absolute Gasteiger partial charge is 0.261 e. The molecule has 0 radical (unpaired) electrons. The van der Waals surface area contributed by atoms with Crippen molar-refractivity contribution in [2.24, 2.45) is 0 Å². The van der Waals surface area contributed by atoms with Gasteiger partial charge >= 0.3 is 0 Å². The molecule has 0 aliphatic rings. The average molecular weight is 511 g/mol. The van der Waals surface area contributed by atoms with Crippen LogP contribution in [0.15, 0.2) is 72.8 Å². The summed E-state index contributed by atoms with van der Waals surface area (Å²) in [5, 5.41) is 3.57. The zero-order chi connectivity index (χ0) is 26.3. The minimum Gasteiger partial charge on any atom is -0.484 e. The molecular weight excluding hydrogens is 479 g/mol. The molecule has 0 spiro atoms. The van der Waals surface area contributed by atoms with Gasteiger partial charge in [0.15, 0.2) is 6.61 Å². The lowest BCUT2D eigenvalue weighted by Crippen LogP contribution is -2.55. The second-order valence-corrected chi connectivity index (χ2v) is 10.2. The Morgan fingerprint density at radius 1 is 1.03 bits per heavy atom. The van der Waals surface area contributed by atoms with Crippen LogP contribution in [0.4, 0.5) is 4.39 Å². The lowest BCUT2D eigenvalue weighted by molar-refractivity contribution is -0.143. The topological polar surface area (TPSA) is 58.6 Å². The Labute approximate surface area is 217 Å². The van der Waals surface area contributed by atoms with Crippen LogP contribution in [0.1, 0.15) is 37.5 Å². The van der Waals surface area contributed by atoms with Crippen LogP contribution in [-0.2, 0) is 22.6 Å². The number of carbonyl (C=O) groups is 2. The maximum Gasteiger partial charge on any atom is 0.261 e. The van der Waals surface area contributed by atoms with E-state index in [9.17, 15) is 14.0 Å². The monoisotopic (exact) mass is 510 g/mol. The maximum absolute atomic E-state index is 14.6. The fourth-order valence-corrected chi connectivity index (χ4v) is 3.87. The maximum atomic E-state index is 14.6. The Balaban J connectivity index is 1.94. The summed E-state index contributed by atoms with van der Waals surface area (Å²) in [5.41, 5.74) is 1.49. The number of hydrogen-bond donors (Lipinski definition) is 1. The number of rotatable bonds is 9. The second-order valence-electron chi connectivity index (χ2n) is 9.76. The van der Waals surface area contributed by atoms with Crippen molar-refractivity contribution in [1.82, 2.24) is 10.2 Å². The van der Waals surface area contributed by atoms with Crippen molar-refractivity contribution < 1.29 is 18.7 Å². The zero-order valence-corrected chi connectivity index (χ0v) is 21.8. The first-order valence-corrected chi connectivity index (χ1v) is 12.2. The van der Waals surface area contributed by atoms with E-state index < -0.39 is 23.3 Å². The van der Waals surface area contributed by atoms with Crippen molar-refractivity contribution in [2.75, 3.05) is 6.61 Å². The fraction of sp³-hybridized carbons (Fsp3) is 0.310. The number of amides is 2. The number of benzene rings is 3. The summed E-state index contributed by atoms with van der Waals surface area (Å²) in [4.78, 5) is 28.4. The summed E-state index contributed by atoms with van der Waals surface area (Å²) in [7, 11) is 0. The standard InChI is InChI=1S/C29H32ClFN2O3/c1-20-16-23(14-15-24(20)30)36-19-27(34)33(18-22-12-8-9-13-25(22)31)26(28(35)32-29(2,3)4)17-21-10-6-5-7-11-21/h5-16,26H,17-19H2,1-4H3,(H,32,35). The summed E-state index contributed by atoms with van der Waals surface area (Å²) < 4.78 is 20.4. The van der Waals surface area contributed by atoms with Gasteiger partial charge < -0.3 is 15.0 Å². The highest BCUT2D eigenvalue weighted by Crippen LogP contribution is 2.22. The van der Waals surface area contributed by atoms with Gasteiger partial charge in [0.1, 0.15) is 17.6 Å². The van der Waals surface area contributed by atoms with Crippen molar-refractivity contribution in [1.29, 1.82) is 0 Å². The Morgan fingerprint density at radius 3 is 2.33 bits per heavy atom. The molecule has 0 saturated heterocycles. The van der Waals surface area contributed by atoms with Crippen molar-refractivity contribution in [2.45, 2.75) is 52.2 Å². The first-order valence-electron chi connectivity index (χ1n) is 11.8. The molecule has 0 fully saturated rings. The molecule has 3 aromatic rings. The van der Waals surface area contributed by atoms with Gasteiger partial charge in [0.2, 0.25) is 5.91 Å².